The first-order chi connectivity index (χ1) is 15.0. The number of imidazole rings is 1. The van der Waals surface area contributed by atoms with Crippen LogP contribution in [0.1, 0.15) is 18.4 Å². The average molecular weight is 451 g/mol. The number of methoxy groups -OCH3 is 1. The first-order valence-electron chi connectivity index (χ1n) is 10.7. The maximum Gasteiger partial charge on any atom is 0.167 e. The smallest absolute Gasteiger partial charge is 0.167 e. The van der Waals surface area contributed by atoms with Gasteiger partial charge in [-0.2, -0.15) is 0 Å². The quantitative estimate of drug-likeness (QED) is 0.331. The zero-order chi connectivity index (χ0) is 22.1. The van der Waals surface area contributed by atoms with Crippen LogP contribution in [0.15, 0.2) is 35.7 Å². The molecule has 1 aliphatic heterocycles. The normalized spacial score (nSPS) is 16.4. The Morgan fingerprint density at radius 3 is 2.81 bits per heavy atom. The molecule has 0 amide bonds. The second-order valence-corrected chi connectivity index (χ2v) is 8.89. The topological polar surface area (TPSA) is 92.0 Å². The van der Waals surface area contributed by atoms with Gasteiger partial charge in [0.25, 0.3) is 0 Å². The van der Waals surface area contributed by atoms with Gasteiger partial charge in [0, 0.05) is 57.9 Å². The number of β-amino-alcohol motifs (C(OH)–C–C–N with tert-alkyl or cyclic N) is 1. The number of benzene rings is 1. The van der Waals surface area contributed by atoms with E-state index in [1.807, 2.05) is 42.2 Å². The Bertz CT molecular complexity index is 796. The molecule has 0 aliphatic carbocycles. The van der Waals surface area contributed by atoms with Gasteiger partial charge in [0.1, 0.15) is 12.7 Å². The summed E-state index contributed by atoms with van der Waals surface area (Å²) in [6.45, 7) is 3.98. The lowest BCUT2D eigenvalue weighted by molar-refractivity contribution is 0.0333. The molecule has 1 fully saturated rings. The van der Waals surface area contributed by atoms with Crippen molar-refractivity contribution in [2.24, 2.45) is 7.05 Å². The van der Waals surface area contributed by atoms with E-state index >= 15 is 0 Å². The number of aryl methyl sites for hydroxylation is 1. The van der Waals surface area contributed by atoms with E-state index in [1.165, 1.54) is 0 Å². The zero-order valence-electron chi connectivity index (χ0n) is 18.4. The largest absolute Gasteiger partial charge is 0.493 e. The summed E-state index contributed by atoms with van der Waals surface area (Å²) in [7, 11) is 3.62. The Labute approximate surface area is 188 Å². The summed E-state index contributed by atoms with van der Waals surface area (Å²) >= 11 is 1.73. The number of aliphatic hydroxyl groups excluding tert-OH is 2. The highest BCUT2D eigenvalue weighted by molar-refractivity contribution is 7.99. The van der Waals surface area contributed by atoms with Gasteiger partial charge in [0.05, 0.1) is 13.2 Å². The van der Waals surface area contributed by atoms with Gasteiger partial charge in [-0.05, 0) is 30.5 Å². The summed E-state index contributed by atoms with van der Waals surface area (Å²) in [6, 6.07) is 5.87. The predicted octanol–water partition coefficient (Wildman–Crippen LogP) is 1.51. The van der Waals surface area contributed by atoms with E-state index in [4.69, 9.17) is 9.47 Å². The number of aromatic nitrogens is 2. The van der Waals surface area contributed by atoms with Crippen molar-refractivity contribution >= 4 is 11.8 Å². The molecule has 1 aromatic heterocycles. The molecule has 1 aromatic carbocycles. The van der Waals surface area contributed by atoms with Crippen molar-refractivity contribution in [2.75, 3.05) is 45.6 Å². The fourth-order valence-corrected chi connectivity index (χ4v) is 4.35. The molecule has 172 valence electrons. The third kappa shape index (κ3) is 7.69. The molecule has 2 aromatic rings. The van der Waals surface area contributed by atoms with E-state index in [0.717, 1.165) is 55.5 Å². The lowest BCUT2D eigenvalue weighted by Gasteiger charge is -2.30. The van der Waals surface area contributed by atoms with Gasteiger partial charge >= 0.3 is 0 Å². The number of hydrogen-bond donors (Lipinski definition) is 3. The molecule has 1 saturated heterocycles. The minimum atomic E-state index is -0.586. The third-order valence-electron chi connectivity index (χ3n) is 5.30. The van der Waals surface area contributed by atoms with Crippen LogP contribution in [0.4, 0.5) is 0 Å². The number of hydrogen-bond acceptors (Lipinski definition) is 8. The number of piperidine rings is 1. The molecule has 2 heterocycles. The molecular weight excluding hydrogens is 416 g/mol. The number of thioether (sulfide) groups is 1. The lowest BCUT2D eigenvalue weighted by Crippen LogP contribution is -2.41. The monoisotopic (exact) mass is 450 g/mol. The molecule has 0 saturated carbocycles. The molecule has 1 aliphatic rings. The minimum absolute atomic E-state index is 0.206. The van der Waals surface area contributed by atoms with Crippen LogP contribution in [-0.4, -0.2) is 82.5 Å². The molecule has 3 N–H and O–H groups in total. The summed E-state index contributed by atoms with van der Waals surface area (Å²) in [5.41, 5.74) is 1.11. The Morgan fingerprint density at radius 2 is 2.10 bits per heavy atom. The maximum absolute atomic E-state index is 10.3. The van der Waals surface area contributed by atoms with Crippen LogP contribution in [0.5, 0.6) is 11.5 Å². The molecule has 0 spiro atoms. The molecule has 1 unspecified atom stereocenters. The van der Waals surface area contributed by atoms with Crippen LogP contribution in [0, 0.1) is 0 Å². The zero-order valence-corrected chi connectivity index (χ0v) is 19.2. The SMILES string of the molecule is COc1cc(CNCCSc2nccn2C)ccc1OCC(O)CN1CCC(O)CC1. The molecule has 0 radical (unpaired) electrons. The number of nitrogens with one attached hydrogen (secondary N) is 1. The van der Waals surface area contributed by atoms with Crippen molar-refractivity contribution in [1.29, 1.82) is 0 Å². The molecule has 1 atom stereocenters. The van der Waals surface area contributed by atoms with Crippen molar-refractivity contribution in [1.82, 2.24) is 19.8 Å². The second kappa shape index (κ2) is 12.3. The Morgan fingerprint density at radius 1 is 1.29 bits per heavy atom. The highest BCUT2D eigenvalue weighted by atomic mass is 32.2. The Balaban J connectivity index is 1.39. The minimum Gasteiger partial charge on any atom is -0.493 e. The molecular formula is C22H34N4O4S. The Hall–Kier alpha value is -1.78. The van der Waals surface area contributed by atoms with Gasteiger partial charge < -0.3 is 34.5 Å². The molecule has 9 heteroatoms. The van der Waals surface area contributed by atoms with E-state index in [1.54, 1.807) is 18.9 Å². The molecule has 3 rings (SSSR count). The highest BCUT2D eigenvalue weighted by Gasteiger charge is 2.20. The van der Waals surface area contributed by atoms with Gasteiger partial charge in [-0.1, -0.05) is 17.8 Å². The maximum atomic E-state index is 10.3. The van der Waals surface area contributed by atoms with Crippen LogP contribution >= 0.6 is 11.8 Å². The van der Waals surface area contributed by atoms with E-state index in [9.17, 15) is 10.2 Å². The highest BCUT2D eigenvalue weighted by Crippen LogP contribution is 2.28. The molecule has 8 nitrogen and oxygen atoms in total. The first kappa shape index (κ1) is 23.9. The van der Waals surface area contributed by atoms with Crippen LogP contribution in [0.2, 0.25) is 0 Å². The summed E-state index contributed by atoms with van der Waals surface area (Å²) in [4.78, 5) is 6.47. The standard InChI is InChI=1S/C22H34N4O4S/c1-25-11-7-24-22(25)31-12-8-23-14-17-3-4-20(21(13-17)29-2)30-16-19(28)15-26-9-5-18(27)6-10-26/h3-4,7,11,13,18-19,23,27-28H,5-6,8-10,12,14-16H2,1-2H3. The molecule has 0 bridgehead atoms. The number of ether oxygens (including phenoxy) is 2. The summed E-state index contributed by atoms with van der Waals surface area (Å²) in [5, 5.41) is 24.4. The molecule has 31 heavy (non-hydrogen) atoms. The lowest BCUT2D eigenvalue weighted by atomic mass is 10.1. The van der Waals surface area contributed by atoms with Crippen LogP contribution in [0.25, 0.3) is 0 Å². The van der Waals surface area contributed by atoms with E-state index < -0.39 is 6.10 Å². The average Bonchev–Trinajstić information content (AvgIpc) is 3.18. The summed E-state index contributed by atoms with van der Waals surface area (Å²) in [6.07, 6.45) is 4.49. The van der Waals surface area contributed by atoms with E-state index in [0.29, 0.717) is 18.0 Å². The van der Waals surface area contributed by atoms with Crippen molar-refractivity contribution in [3.8, 4) is 11.5 Å². The van der Waals surface area contributed by atoms with E-state index in [2.05, 4.69) is 15.2 Å². The fraction of sp³-hybridized carbons (Fsp3) is 0.591. The van der Waals surface area contributed by atoms with Gasteiger partial charge in [0.2, 0.25) is 0 Å². The van der Waals surface area contributed by atoms with Crippen LogP contribution < -0.4 is 14.8 Å². The Kier molecular flexibility index (Phi) is 9.48. The van der Waals surface area contributed by atoms with Crippen molar-refractivity contribution in [3.05, 3.63) is 36.2 Å². The number of nitrogens with zero attached hydrogens (tertiary/aromatic N) is 3. The summed E-state index contributed by atoms with van der Waals surface area (Å²) < 4.78 is 13.3. The van der Waals surface area contributed by atoms with Gasteiger partial charge in [-0.15, -0.1) is 0 Å². The van der Waals surface area contributed by atoms with Gasteiger partial charge in [-0.3, -0.25) is 0 Å². The fourth-order valence-electron chi connectivity index (χ4n) is 3.52. The van der Waals surface area contributed by atoms with Crippen LogP contribution in [-0.2, 0) is 13.6 Å². The van der Waals surface area contributed by atoms with Gasteiger partial charge in [-0.25, -0.2) is 4.98 Å². The third-order valence-corrected chi connectivity index (χ3v) is 6.36. The first-order valence-corrected chi connectivity index (χ1v) is 11.7. The van der Waals surface area contributed by atoms with Gasteiger partial charge in [0.15, 0.2) is 16.7 Å². The van der Waals surface area contributed by atoms with Crippen LogP contribution in [0.3, 0.4) is 0 Å². The number of likely N-dealkylation sites (tertiary alicyclic amines) is 1. The van der Waals surface area contributed by atoms with Crippen molar-refractivity contribution in [3.63, 3.8) is 0 Å². The summed E-state index contributed by atoms with van der Waals surface area (Å²) in [5.74, 6) is 2.23. The van der Waals surface area contributed by atoms with Crippen molar-refractivity contribution < 1.29 is 19.7 Å². The number of rotatable bonds is 12. The predicted molar refractivity (Wildman–Crippen MR) is 122 cm³/mol. The van der Waals surface area contributed by atoms with Crippen molar-refractivity contribution in [2.45, 2.75) is 36.8 Å². The van der Waals surface area contributed by atoms with E-state index in [-0.39, 0.29) is 12.7 Å². The second-order valence-electron chi connectivity index (χ2n) is 7.83. The number of aliphatic hydroxyl groups is 2.